The zero-order valence-corrected chi connectivity index (χ0v) is 12.0. The van der Waals surface area contributed by atoms with Gasteiger partial charge in [-0.3, -0.25) is 4.68 Å². The van der Waals surface area contributed by atoms with Crippen LogP contribution in [0.15, 0.2) is 12.4 Å². The maximum absolute atomic E-state index is 10.1. The zero-order valence-electron chi connectivity index (χ0n) is 12.0. The number of aliphatic hydroxyl groups is 1. The number of nitrogens with two attached hydrogens (primary N) is 1. The van der Waals surface area contributed by atoms with Crippen molar-refractivity contribution in [3.05, 3.63) is 12.4 Å². The molecule has 1 fully saturated rings. The molecule has 0 spiro atoms. The van der Waals surface area contributed by atoms with Crippen molar-refractivity contribution in [2.45, 2.75) is 51.3 Å². The van der Waals surface area contributed by atoms with Crippen LogP contribution in [0, 0.1) is 5.92 Å². The lowest BCUT2D eigenvalue weighted by Crippen LogP contribution is -2.40. The van der Waals surface area contributed by atoms with Crippen molar-refractivity contribution in [1.82, 2.24) is 14.7 Å². The molecule has 1 atom stereocenters. The van der Waals surface area contributed by atoms with E-state index in [1.54, 1.807) is 17.1 Å². The van der Waals surface area contributed by atoms with E-state index in [0.29, 0.717) is 24.8 Å². The van der Waals surface area contributed by atoms with E-state index in [1.807, 2.05) is 0 Å². The van der Waals surface area contributed by atoms with Crippen LogP contribution >= 0.6 is 0 Å². The number of likely N-dealkylation sites (N-methyl/N-ethyl adjacent to an activating group) is 1. The fraction of sp³-hybridized carbons (Fsp3) is 0.786. The molecule has 5 heteroatoms. The Bertz CT molecular complexity index is 385. The molecule has 0 aliphatic heterocycles. The molecular formula is C14H26N4O. The molecule has 0 amide bonds. The molecule has 1 aromatic heterocycles. The van der Waals surface area contributed by atoms with Gasteiger partial charge in [-0.1, -0.05) is 6.92 Å². The third-order valence-corrected chi connectivity index (χ3v) is 4.16. The molecule has 1 saturated carbocycles. The number of nitrogen functional groups attached to an aromatic ring is 1. The highest BCUT2D eigenvalue weighted by molar-refractivity contribution is 5.30. The highest BCUT2D eigenvalue weighted by atomic mass is 16.3. The molecule has 1 aliphatic carbocycles. The van der Waals surface area contributed by atoms with Gasteiger partial charge in [0, 0.05) is 18.8 Å². The van der Waals surface area contributed by atoms with Crippen molar-refractivity contribution in [3.8, 4) is 0 Å². The topological polar surface area (TPSA) is 67.3 Å². The summed E-state index contributed by atoms with van der Waals surface area (Å²) >= 11 is 0. The summed E-state index contributed by atoms with van der Waals surface area (Å²) in [5.41, 5.74) is 6.25. The summed E-state index contributed by atoms with van der Waals surface area (Å²) in [7, 11) is 2.11. The van der Waals surface area contributed by atoms with Crippen molar-refractivity contribution >= 4 is 5.69 Å². The minimum Gasteiger partial charge on any atom is -0.396 e. The molecule has 0 radical (unpaired) electrons. The number of hydrogen-bond acceptors (Lipinski definition) is 4. The Morgan fingerprint density at radius 3 is 2.74 bits per heavy atom. The fourth-order valence-electron chi connectivity index (χ4n) is 2.92. The van der Waals surface area contributed by atoms with Crippen molar-refractivity contribution in [2.24, 2.45) is 5.92 Å². The van der Waals surface area contributed by atoms with Crippen molar-refractivity contribution < 1.29 is 5.11 Å². The highest BCUT2D eigenvalue weighted by Crippen LogP contribution is 2.26. The van der Waals surface area contributed by atoms with Crippen molar-refractivity contribution in [3.63, 3.8) is 0 Å². The quantitative estimate of drug-likeness (QED) is 0.844. The van der Waals surface area contributed by atoms with Crippen molar-refractivity contribution in [1.29, 1.82) is 0 Å². The number of rotatable bonds is 5. The van der Waals surface area contributed by atoms with E-state index in [4.69, 9.17) is 5.73 Å². The maximum Gasteiger partial charge on any atom is 0.0862 e. The third kappa shape index (κ3) is 4.21. The molecule has 0 saturated heterocycles. The number of nitrogens with zero attached hydrogens (tertiary/aromatic N) is 3. The summed E-state index contributed by atoms with van der Waals surface area (Å²) in [5.74, 6) is 0.863. The average molecular weight is 266 g/mol. The Morgan fingerprint density at radius 1 is 1.47 bits per heavy atom. The first-order valence-electron chi connectivity index (χ1n) is 7.21. The third-order valence-electron chi connectivity index (χ3n) is 4.16. The Hall–Kier alpha value is -1.07. The molecule has 0 bridgehead atoms. The van der Waals surface area contributed by atoms with Gasteiger partial charge in [0.15, 0.2) is 0 Å². The number of anilines is 1. The molecule has 1 aromatic rings. The van der Waals surface area contributed by atoms with Gasteiger partial charge in [-0.25, -0.2) is 0 Å². The lowest BCUT2D eigenvalue weighted by atomic mass is 9.86. The van der Waals surface area contributed by atoms with E-state index in [1.165, 1.54) is 25.7 Å². The number of aliphatic hydroxyl groups excluding tert-OH is 1. The van der Waals surface area contributed by atoms with Gasteiger partial charge in [0.2, 0.25) is 0 Å². The average Bonchev–Trinajstić information content (AvgIpc) is 2.75. The van der Waals surface area contributed by atoms with Gasteiger partial charge in [0.25, 0.3) is 0 Å². The van der Waals surface area contributed by atoms with E-state index >= 15 is 0 Å². The summed E-state index contributed by atoms with van der Waals surface area (Å²) in [5, 5.41) is 14.2. The lowest BCUT2D eigenvalue weighted by Gasteiger charge is -2.34. The van der Waals surface area contributed by atoms with Gasteiger partial charge < -0.3 is 15.7 Å². The molecule has 108 valence electrons. The summed E-state index contributed by atoms with van der Waals surface area (Å²) < 4.78 is 1.71. The molecule has 2 rings (SSSR count). The first-order chi connectivity index (χ1) is 9.04. The largest absolute Gasteiger partial charge is 0.396 e. The smallest absolute Gasteiger partial charge is 0.0862 e. The van der Waals surface area contributed by atoms with Gasteiger partial charge in [-0.05, 0) is 38.6 Å². The van der Waals surface area contributed by atoms with Crippen LogP contribution in [0.5, 0.6) is 0 Å². The standard InChI is InChI=1S/C14H26N4O/c1-11-3-5-13(6-4-11)17(2)9-14(19)10-18-8-12(15)7-16-18/h7-8,11,13-14,19H,3-6,9-10,15H2,1-2H3. The van der Waals surface area contributed by atoms with Crippen LogP contribution in [0.2, 0.25) is 0 Å². The predicted octanol–water partition coefficient (Wildman–Crippen LogP) is 1.34. The van der Waals surface area contributed by atoms with Gasteiger partial charge in [-0.15, -0.1) is 0 Å². The van der Waals surface area contributed by atoms with Crippen LogP contribution in [0.3, 0.4) is 0 Å². The first-order valence-corrected chi connectivity index (χ1v) is 7.21. The summed E-state index contributed by atoms with van der Waals surface area (Å²) in [6, 6.07) is 0.619. The number of aromatic nitrogens is 2. The van der Waals surface area contributed by atoms with E-state index in [2.05, 4.69) is 24.0 Å². The number of hydrogen-bond donors (Lipinski definition) is 2. The molecule has 5 nitrogen and oxygen atoms in total. The molecule has 1 unspecified atom stereocenters. The van der Waals surface area contributed by atoms with Crippen LogP contribution in [0.4, 0.5) is 5.69 Å². The van der Waals surface area contributed by atoms with E-state index in [-0.39, 0.29) is 0 Å². The maximum atomic E-state index is 10.1. The minimum atomic E-state index is -0.399. The van der Waals surface area contributed by atoms with Gasteiger partial charge in [-0.2, -0.15) is 5.10 Å². The van der Waals surface area contributed by atoms with Gasteiger partial charge in [0.1, 0.15) is 0 Å². The lowest BCUT2D eigenvalue weighted by molar-refractivity contribution is 0.0731. The highest BCUT2D eigenvalue weighted by Gasteiger charge is 2.23. The Kier molecular flexibility index (Phi) is 4.82. The van der Waals surface area contributed by atoms with Crippen LogP contribution in [-0.2, 0) is 6.54 Å². The van der Waals surface area contributed by atoms with Crippen LogP contribution in [0.25, 0.3) is 0 Å². The second kappa shape index (κ2) is 6.39. The molecular weight excluding hydrogens is 240 g/mol. The Morgan fingerprint density at radius 2 is 2.16 bits per heavy atom. The first kappa shape index (κ1) is 14.3. The van der Waals surface area contributed by atoms with E-state index in [9.17, 15) is 5.11 Å². The van der Waals surface area contributed by atoms with Crippen LogP contribution < -0.4 is 5.73 Å². The fourth-order valence-corrected chi connectivity index (χ4v) is 2.92. The normalized spacial score (nSPS) is 25.7. The molecule has 19 heavy (non-hydrogen) atoms. The SMILES string of the molecule is CC1CCC(N(C)CC(O)Cn2cc(N)cn2)CC1. The molecule has 3 N–H and O–H groups in total. The van der Waals surface area contributed by atoms with Crippen molar-refractivity contribution in [2.75, 3.05) is 19.3 Å². The molecule has 1 heterocycles. The summed E-state index contributed by atoms with van der Waals surface area (Å²) in [6.07, 6.45) is 8.08. The second-order valence-electron chi connectivity index (χ2n) is 6.00. The summed E-state index contributed by atoms with van der Waals surface area (Å²) in [6.45, 7) is 3.52. The van der Waals surface area contributed by atoms with E-state index < -0.39 is 6.10 Å². The molecule has 1 aliphatic rings. The molecule has 0 aromatic carbocycles. The van der Waals surface area contributed by atoms with E-state index in [0.717, 1.165) is 5.92 Å². The second-order valence-corrected chi connectivity index (χ2v) is 6.00. The summed E-state index contributed by atoms with van der Waals surface area (Å²) in [4.78, 5) is 2.30. The predicted molar refractivity (Wildman–Crippen MR) is 76.7 cm³/mol. The zero-order chi connectivity index (χ0) is 13.8. The Balaban J connectivity index is 1.76. The minimum absolute atomic E-state index is 0.399. The van der Waals surface area contributed by atoms with Gasteiger partial charge >= 0.3 is 0 Å². The monoisotopic (exact) mass is 266 g/mol. The van der Waals surface area contributed by atoms with Crippen LogP contribution in [0.1, 0.15) is 32.6 Å². The van der Waals surface area contributed by atoms with Crippen LogP contribution in [-0.4, -0.2) is 45.5 Å². The Labute approximate surface area is 115 Å². The van der Waals surface area contributed by atoms with Gasteiger partial charge in [0.05, 0.1) is 24.5 Å².